The first-order valence-corrected chi connectivity index (χ1v) is 7.53. The molecule has 0 atom stereocenters. The zero-order valence-electron chi connectivity index (χ0n) is 12.9. The normalized spacial score (nSPS) is 13.6. The second-order valence-electron chi connectivity index (χ2n) is 5.69. The van der Waals surface area contributed by atoms with Gasteiger partial charge in [-0.3, -0.25) is 15.1 Å². The molecule has 0 aliphatic heterocycles. The number of nitro groups is 1. The number of hydrogen-bond acceptors (Lipinski definition) is 4. The fourth-order valence-electron chi connectivity index (χ4n) is 2.91. The van der Waals surface area contributed by atoms with Gasteiger partial charge < -0.3 is 0 Å². The van der Waals surface area contributed by atoms with Crippen molar-refractivity contribution >= 4 is 17.1 Å². The number of fused-ring (bicyclic) bond motifs is 3. The van der Waals surface area contributed by atoms with Crippen LogP contribution in [0.4, 0.5) is 11.4 Å². The van der Waals surface area contributed by atoms with Gasteiger partial charge >= 0.3 is 0 Å². The summed E-state index contributed by atoms with van der Waals surface area (Å²) in [7, 11) is 0. The van der Waals surface area contributed by atoms with Crippen LogP contribution in [0, 0.1) is 17.0 Å². The van der Waals surface area contributed by atoms with Gasteiger partial charge in [0, 0.05) is 35.0 Å². The predicted molar refractivity (Wildman–Crippen MR) is 92.8 cm³/mol. The van der Waals surface area contributed by atoms with Crippen LogP contribution in [-0.4, -0.2) is 15.6 Å². The Balaban J connectivity index is 1.99. The molecular formula is C19H13N3O2. The Bertz CT molecular complexity index is 995. The molecule has 5 heteroatoms. The number of nitrogens with zero attached hydrogens (tertiary/aromatic N) is 3. The molecule has 0 amide bonds. The molecule has 1 heterocycles. The largest absolute Gasteiger partial charge is 0.270 e. The van der Waals surface area contributed by atoms with Crippen LogP contribution in [0.15, 0.2) is 65.8 Å². The maximum Gasteiger partial charge on any atom is 0.270 e. The Morgan fingerprint density at radius 3 is 2.54 bits per heavy atom. The molecule has 3 aromatic rings. The number of nitro benzene ring substituents is 1. The number of non-ortho nitro benzene ring substituents is 1. The number of hydrogen-bond donors (Lipinski definition) is 0. The summed E-state index contributed by atoms with van der Waals surface area (Å²) >= 11 is 0. The average Bonchev–Trinajstić information content (AvgIpc) is 2.88. The van der Waals surface area contributed by atoms with Gasteiger partial charge in [-0.25, -0.2) is 4.99 Å². The minimum Gasteiger partial charge on any atom is -0.258 e. The summed E-state index contributed by atoms with van der Waals surface area (Å²) in [6, 6.07) is 16.4. The molecule has 116 valence electrons. The van der Waals surface area contributed by atoms with Crippen LogP contribution in [0.25, 0.3) is 11.3 Å². The number of para-hydroxylation sites is 1. The first kappa shape index (κ1) is 14.3. The van der Waals surface area contributed by atoms with Crippen molar-refractivity contribution in [2.75, 3.05) is 0 Å². The summed E-state index contributed by atoms with van der Waals surface area (Å²) in [4.78, 5) is 20.0. The van der Waals surface area contributed by atoms with E-state index in [4.69, 9.17) is 4.99 Å². The molecule has 0 bridgehead atoms. The van der Waals surface area contributed by atoms with Crippen molar-refractivity contribution in [1.29, 1.82) is 0 Å². The van der Waals surface area contributed by atoms with Gasteiger partial charge in [0.15, 0.2) is 0 Å². The number of aryl methyl sites for hydroxylation is 1. The van der Waals surface area contributed by atoms with Gasteiger partial charge in [0.05, 0.1) is 22.0 Å². The number of aliphatic imine (C=N–C) groups is 1. The highest BCUT2D eigenvalue weighted by Crippen LogP contribution is 2.38. The van der Waals surface area contributed by atoms with Crippen LogP contribution in [0.3, 0.4) is 0 Å². The van der Waals surface area contributed by atoms with E-state index >= 15 is 0 Å². The van der Waals surface area contributed by atoms with Crippen molar-refractivity contribution in [3.05, 3.63) is 87.6 Å². The van der Waals surface area contributed by atoms with Crippen LogP contribution in [-0.2, 0) is 0 Å². The predicted octanol–water partition coefficient (Wildman–Crippen LogP) is 4.45. The molecule has 1 aliphatic carbocycles. The molecule has 0 N–H and O–H groups in total. The first-order chi connectivity index (χ1) is 11.6. The number of pyridine rings is 1. The van der Waals surface area contributed by atoms with Gasteiger partial charge in [-0.15, -0.1) is 0 Å². The van der Waals surface area contributed by atoms with Crippen LogP contribution < -0.4 is 0 Å². The average molecular weight is 315 g/mol. The molecule has 0 unspecified atom stereocenters. The van der Waals surface area contributed by atoms with E-state index in [9.17, 15) is 10.1 Å². The monoisotopic (exact) mass is 315 g/mol. The lowest BCUT2D eigenvalue weighted by molar-refractivity contribution is -0.384. The van der Waals surface area contributed by atoms with Gasteiger partial charge in [0.25, 0.3) is 5.69 Å². The molecule has 0 saturated carbocycles. The molecular weight excluding hydrogens is 302 g/mol. The van der Waals surface area contributed by atoms with Crippen LogP contribution in [0.5, 0.6) is 0 Å². The zero-order chi connectivity index (χ0) is 16.7. The van der Waals surface area contributed by atoms with Crippen molar-refractivity contribution < 1.29 is 4.92 Å². The Morgan fingerprint density at radius 1 is 1.00 bits per heavy atom. The molecule has 0 saturated heterocycles. The first-order valence-electron chi connectivity index (χ1n) is 7.53. The SMILES string of the molecule is Cc1cnc2c(c1)C(=Nc1ccccc1)c1cc([N+](=O)[O-])ccc1-2. The van der Waals surface area contributed by atoms with Gasteiger partial charge in [-0.2, -0.15) is 0 Å². The summed E-state index contributed by atoms with van der Waals surface area (Å²) in [5, 5.41) is 11.1. The maximum atomic E-state index is 11.1. The molecule has 4 rings (SSSR count). The van der Waals surface area contributed by atoms with Crippen LogP contribution >= 0.6 is 0 Å². The number of aromatic nitrogens is 1. The topological polar surface area (TPSA) is 68.4 Å². The third-order valence-corrected chi connectivity index (χ3v) is 4.00. The van der Waals surface area contributed by atoms with E-state index in [0.717, 1.165) is 39.3 Å². The highest BCUT2D eigenvalue weighted by molar-refractivity contribution is 6.24. The molecule has 1 aliphatic rings. The van der Waals surface area contributed by atoms with E-state index in [1.807, 2.05) is 43.3 Å². The van der Waals surface area contributed by atoms with E-state index in [1.54, 1.807) is 18.3 Å². The highest BCUT2D eigenvalue weighted by atomic mass is 16.6. The maximum absolute atomic E-state index is 11.1. The standard InChI is InChI=1S/C19H13N3O2/c1-12-9-17-18(20-11-12)15-8-7-14(22(23)24)10-16(15)19(17)21-13-5-3-2-4-6-13/h2-11H,1H3. The van der Waals surface area contributed by atoms with E-state index in [1.165, 1.54) is 6.07 Å². The van der Waals surface area contributed by atoms with E-state index in [-0.39, 0.29) is 10.6 Å². The molecule has 1 aromatic heterocycles. The van der Waals surface area contributed by atoms with Crippen molar-refractivity contribution in [3.63, 3.8) is 0 Å². The molecule has 24 heavy (non-hydrogen) atoms. The fraction of sp³-hybridized carbons (Fsp3) is 0.0526. The number of benzene rings is 2. The lowest BCUT2D eigenvalue weighted by Gasteiger charge is -2.03. The molecule has 2 aromatic carbocycles. The lowest BCUT2D eigenvalue weighted by Crippen LogP contribution is -1.99. The molecule has 0 fully saturated rings. The third kappa shape index (κ3) is 2.27. The van der Waals surface area contributed by atoms with Gasteiger partial charge in [0.1, 0.15) is 0 Å². The smallest absolute Gasteiger partial charge is 0.258 e. The Labute approximate surface area is 138 Å². The zero-order valence-corrected chi connectivity index (χ0v) is 12.9. The minimum absolute atomic E-state index is 0.0547. The van der Waals surface area contributed by atoms with Crippen molar-refractivity contribution in [2.45, 2.75) is 6.92 Å². The second kappa shape index (κ2) is 5.38. The highest BCUT2D eigenvalue weighted by Gasteiger charge is 2.28. The summed E-state index contributed by atoms with van der Waals surface area (Å²) in [5.74, 6) is 0. The van der Waals surface area contributed by atoms with Gasteiger partial charge in [0.2, 0.25) is 0 Å². The van der Waals surface area contributed by atoms with E-state index in [2.05, 4.69) is 4.98 Å². The van der Waals surface area contributed by atoms with Crippen molar-refractivity contribution in [2.24, 2.45) is 4.99 Å². The van der Waals surface area contributed by atoms with Crippen molar-refractivity contribution in [3.8, 4) is 11.3 Å². The van der Waals surface area contributed by atoms with E-state index < -0.39 is 0 Å². The Kier molecular flexibility index (Phi) is 3.20. The summed E-state index contributed by atoms with van der Waals surface area (Å²) in [6.07, 6.45) is 1.80. The van der Waals surface area contributed by atoms with E-state index in [0.29, 0.717) is 0 Å². The number of rotatable bonds is 2. The molecule has 0 spiro atoms. The molecule has 5 nitrogen and oxygen atoms in total. The lowest BCUT2D eigenvalue weighted by atomic mass is 10.1. The summed E-state index contributed by atoms with van der Waals surface area (Å²) in [5.41, 5.74) is 5.97. The van der Waals surface area contributed by atoms with Gasteiger partial charge in [-0.05, 0) is 36.8 Å². The molecule has 0 radical (unpaired) electrons. The Hall–Kier alpha value is -3.34. The summed E-state index contributed by atoms with van der Waals surface area (Å²) < 4.78 is 0. The second-order valence-corrected chi connectivity index (χ2v) is 5.69. The van der Waals surface area contributed by atoms with Crippen LogP contribution in [0.2, 0.25) is 0 Å². The third-order valence-electron chi connectivity index (χ3n) is 4.00. The quantitative estimate of drug-likeness (QED) is 0.405. The minimum atomic E-state index is -0.387. The Morgan fingerprint density at radius 2 is 1.79 bits per heavy atom. The fourth-order valence-corrected chi connectivity index (χ4v) is 2.91. The van der Waals surface area contributed by atoms with Gasteiger partial charge in [-0.1, -0.05) is 18.2 Å². The summed E-state index contributed by atoms with van der Waals surface area (Å²) in [6.45, 7) is 1.97. The van der Waals surface area contributed by atoms with Crippen LogP contribution in [0.1, 0.15) is 16.7 Å². The van der Waals surface area contributed by atoms with Crippen molar-refractivity contribution in [1.82, 2.24) is 4.98 Å².